The molecular weight excluding hydrogens is 204 g/mol. The molecule has 1 rings (SSSR count). The van der Waals surface area contributed by atoms with Crippen LogP contribution in [0.2, 0.25) is 0 Å². The second kappa shape index (κ2) is 6.40. The number of hydrogen-bond acceptors (Lipinski definition) is 5. The molecule has 0 saturated carbocycles. The first kappa shape index (κ1) is 12.9. The Morgan fingerprint density at radius 1 is 1.38 bits per heavy atom. The minimum Gasteiger partial charge on any atom is -0.396 e. The van der Waals surface area contributed by atoms with Crippen LogP contribution in [0.1, 0.15) is 26.0 Å². The third-order valence-corrected chi connectivity index (χ3v) is 2.42. The molecule has 1 aromatic heterocycles. The first-order chi connectivity index (χ1) is 7.63. The summed E-state index contributed by atoms with van der Waals surface area (Å²) >= 11 is 0. The molecule has 0 atom stereocenters. The van der Waals surface area contributed by atoms with E-state index in [4.69, 9.17) is 10.8 Å². The summed E-state index contributed by atoms with van der Waals surface area (Å²) in [5, 5.41) is 8.83. The van der Waals surface area contributed by atoms with Gasteiger partial charge in [-0.15, -0.1) is 0 Å². The lowest BCUT2D eigenvalue weighted by Gasteiger charge is -2.25. The molecule has 16 heavy (non-hydrogen) atoms. The van der Waals surface area contributed by atoms with E-state index in [1.54, 1.807) is 12.4 Å². The summed E-state index contributed by atoms with van der Waals surface area (Å²) in [5.74, 6) is 0.440. The second-order valence-corrected chi connectivity index (χ2v) is 4.07. The van der Waals surface area contributed by atoms with Crippen molar-refractivity contribution in [2.45, 2.75) is 32.9 Å². The monoisotopic (exact) mass is 224 g/mol. The Balaban J connectivity index is 2.57. The van der Waals surface area contributed by atoms with Crippen molar-refractivity contribution in [1.29, 1.82) is 0 Å². The van der Waals surface area contributed by atoms with Crippen molar-refractivity contribution in [3.05, 3.63) is 18.1 Å². The fraction of sp³-hybridized carbons (Fsp3) is 0.636. The van der Waals surface area contributed by atoms with Gasteiger partial charge in [0.25, 0.3) is 0 Å². The maximum Gasteiger partial charge on any atom is 0.141 e. The summed E-state index contributed by atoms with van der Waals surface area (Å²) in [4.78, 5) is 10.5. The summed E-state index contributed by atoms with van der Waals surface area (Å²) in [7, 11) is 0. The van der Waals surface area contributed by atoms with Gasteiger partial charge in [-0.1, -0.05) is 0 Å². The van der Waals surface area contributed by atoms with Crippen molar-refractivity contribution in [3.8, 4) is 0 Å². The average molecular weight is 224 g/mol. The average Bonchev–Trinajstić information content (AvgIpc) is 2.26. The molecule has 0 bridgehead atoms. The minimum absolute atomic E-state index is 0.219. The van der Waals surface area contributed by atoms with Crippen LogP contribution in [0.15, 0.2) is 12.4 Å². The van der Waals surface area contributed by atoms with Crippen molar-refractivity contribution >= 4 is 5.82 Å². The largest absolute Gasteiger partial charge is 0.396 e. The molecule has 0 aliphatic heterocycles. The Kier molecular flexibility index (Phi) is 5.14. The summed E-state index contributed by atoms with van der Waals surface area (Å²) < 4.78 is 0. The van der Waals surface area contributed by atoms with E-state index in [0.29, 0.717) is 11.9 Å². The summed E-state index contributed by atoms with van der Waals surface area (Å²) in [6.45, 7) is 6.08. The zero-order valence-electron chi connectivity index (χ0n) is 9.93. The molecule has 0 radical (unpaired) electrons. The van der Waals surface area contributed by atoms with Gasteiger partial charge in [-0.05, 0) is 20.3 Å². The van der Waals surface area contributed by atoms with E-state index in [1.165, 1.54) is 0 Å². The van der Waals surface area contributed by atoms with Crippen molar-refractivity contribution in [2.24, 2.45) is 0 Å². The highest BCUT2D eigenvalue weighted by Gasteiger charge is 2.10. The molecule has 3 N–H and O–H groups in total. The van der Waals surface area contributed by atoms with Gasteiger partial charge < -0.3 is 10.8 Å². The van der Waals surface area contributed by atoms with Crippen molar-refractivity contribution < 1.29 is 5.11 Å². The number of anilines is 1. The fourth-order valence-corrected chi connectivity index (χ4v) is 1.45. The molecule has 90 valence electrons. The van der Waals surface area contributed by atoms with Crippen molar-refractivity contribution in [1.82, 2.24) is 14.9 Å². The number of nitrogens with two attached hydrogens (primary N) is 1. The quantitative estimate of drug-likeness (QED) is 0.742. The first-order valence-electron chi connectivity index (χ1n) is 5.54. The summed E-state index contributed by atoms with van der Waals surface area (Å²) in [6.07, 6.45) is 4.05. The zero-order chi connectivity index (χ0) is 12.0. The van der Waals surface area contributed by atoms with Crippen LogP contribution in [0.25, 0.3) is 0 Å². The number of aromatic nitrogens is 2. The third kappa shape index (κ3) is 4.12. The Labute approximate surface area is 96.3 Å². The van der Waals surface area contributed by atoms with Gasteiger partial charge in [0, 0.05) is 25.7 Å². The molecule has 1 heterocycles. The van der Waals surface area contributed by atoms with Crippen LogP contribution in [-0.2, 0) is 6.54 Å². The predicted octanol–water partition coefficient (Wildman–Crippen LogP) is 0.652. The Morgan fingerprint density at radius 2 is 2.12 bits per heavy atom. The highest BCUT2D eigenvalue weighted by molar-refractivity contribution is 5.22. The number of nitrogen functional groups attached to an aromatic ring is 1. The summed E-state index contributed by atoms with van der Waals surface area (Å²) in [6, 6.07) is 0.422. The molecule has 0 aliphatic rings. The predicted molar refractivity (Wildman–Crippen MR) is 63.7 cm³/mol. The van der Waals surface area contributed by atoms with E-state index in [2.05, 4.69) is 28.7 Å². The van der Waals surface area contributed by atoms with Crippen LogP contribution in [0.4, 0.5) is 5.82 Å². The molecule has 0 fully saturated rings. The van der Waals surface area contributed by atoms with Gasteiger partial charge in [0.1, 0.15) is 5.82 Å². The lowest BCUT2D eigenvalue weighted by molar-refractivity contribution is 0.183. The van der Waals surface area contributed by atoms with Gasteiger partial charge in [0.2, 0.25) is 0 Å². The molecular formula is C11H20N4O. The number of aliphatic hydroxyl groups excluding tert-OH is 1. The number of hydrogen-bond donors (Lipinski definition) is 2. The lowest BCUT2D eigenvalue weighted by Crippen LogP contribution is -2.32. The maximum atomic E-state index is 8.83. The highest BCUT2D eigenvalue weighted by Crippen LogP contribution is 2.06. The molecule has 5 nitrogen and oxygen atoms in total. The first-order valence-corrected chi connectivity index (χ1v) is 5.54. The van der Waals surface area contributed by atoms with Crippen molar-refractivity contribution in [2.75, 3.05) is 18.9 Å². The molecule has 1 aromatic rings. The Hall–Kier alpha value is -1.20. The highest BCUT2D eigenvalue weighted by atomic mass is 16.3. The van der Waals surface area contributed by atoms with Gasteiger partial charge >= 0.3 is 0 Å². The van der Waals surface area contributed by atoms with Crippen LogP contribution >= 0.6 is 0 Å². The lowest BCUT2D eigenvalue weighted by atomic mass is 10.2. The molecule has 0 saturated heterocycles. The van der Waals surface area contributed by atoms with Gasteiger partial charge in [-0.3, -0.25) is 9.88 Å². The van der Waals surface area contributed by atoms with E-state index in [0.717, 1.165) is 25.2 Å². The van der Waals surface area contributed by atoms with Crippen LogP contribution in [0, 0.1) is 0 Å². The number of rotatable bonds is 6. The van der Waals surface area contributed by atoms with Crippen LogP contribution in [0.3, 0.4) is 0 Å². The Morgan fingerprint density at radius 3 is 2.62 bits per heavy atom. The van der Waals surface area contributed by atoms with E-state index in [-0.39, 0.29) is 6.61 Å². The van der Waals surface area contributed by atoms with Gasteiger partial charge in [0.15, 0.2) is 0 Å². The van der Waals surface area contributed by atoms with Crippen LogP contribution in [-0.4, -0.2) is 39.2 Å². The van der Waals surface area contributed by atoms with Gasteiger partial charge in [-0.25, -0.2) is 4.98 Å². The number of nitrogens with zero attached hydrogens (tertiary/aromatic N) is 3. The second-order valence-electron chi connectivity index (χ2n) is 4.07. The molecule has 0 aliphatic carbocycles. The Bertz CT molecular complexity index is 299. The number of aliphatic hydroxyl groups is 1. The molecule has 0 amide bonds. The van der Waals surface area contributed by atoms with Gasteiger partial charge in [-0.2, -0.15) is 0 Å². The third-order valence-electron chi connectivity index (χ3n) is 2.42. The van der Waals surface area contributed by atoms with Gasteiger partial charge in [0.05, 0.1) is 18.1 Å². The molecule has 5 heteroatoms. The maximum absolute atomic E-state index is 8.83. The van der Waals surface area contributed by atoms with E-state index in [1.807, 2.05) is 0 Å². The van der Waals surface area contributed by atoms with Crippen LogP contribution in [0.5, 0.6) is 0 Å². The fourth-order valence-electron chi connectivity index (χ4n) is 1.45. The molecule has 0 aromatic carbocycles. The van der Waals surface area contributed by atoms with E-state index in [9.17, 15) is 0 Å². The van der Waals surface area contributed by atoms with Crippen molar-refractivity contribution in [3.63, 3.8) is 0 Å². The summed E-state index contributed by atoms with van der Waals surface area (Å²) in [5.41, 5.74) is 6.38. The normalized spacial score (nSPS) is 11.3. The minimum atomic E-state index is 0.219. The van der Waals surface area contributed by atoms with Crippen LogP contribution < -0.4 is 5.73 Å². The molecule has 0 spiro atoms. The SMILES string of the molecule is CC(C)N(CCCO)Cc1cnc(N)cn1. The zero-order valence-corrected chi connectivity index (χ0v) is 9.93. The van der Waals surface area contributed by atoms with E-state index < -0.39 is 0 Å². The molecule has 0 unspecified atom stereocenters. The topological polar surface area (TPSA) is 75.3 Å². The smallest absolute Gasteiger partial charge is 0.141 e. The van der Waals surface area contributed by atoms with E-state index >= 15 is 0 Å². The standard InChI is InChI=1S/C11H20N4O/c1-9(2)15(4-3-5-16)8-10-6-14-11(12)7-13-10/h6-7,9,16H,3-5,8H2,1-2H3,(H2,12,14).